The maximum atomic E-state index is 5.63. The maximum Gasteiger partial charge on any atom is 0.0209 e. The van der Waals surface area contributed by atoms with Gasteiger partial charge in [0, 0.05) is 4.47 Å². The summed E-state index contributed by atoms with van der Waals surface area (Å²) >= 11 is 3.55. The second-order valence-corrected chi connectivity index (χ2v) is 4.44. The molecule has 0 bridgehead atoms. The highest BCUT2D eigenvalue weighted by Gasteiger charge is 2.06. The van der Waals surface area contributed by atoms with Gasteiger partial charge in [-0.15, -0.1) is 0 Å². The summed E-state index contributed by atoms with van der Waals surface area (Å²) in [5, 5.41) is 0. The Bertz CT molecular complexity index is 284. The highest BCUT2D eigenvalue weighted by molar-refractivity contribution is 9.10. The van der Waals surface area contributed by atoms with E-state index < -0.39 is 0 Å². The standard InChI is InChI=1S/C11H16BrN/c1-7-4-10(8(2)6-13)5-11(12)9(7)3/h4-5,8H,6,13H2,1-3H3. The van der Waals surface area contributed by atoms with Gasteiger partial charge in [0.2, 0.25) is 0 Å². The van der Waals surface area contributed by atoms with Crippen molar-refractivity contribution in [2.24, 2.45) is 5.73 Å². The zero-order chi connectivity index (χ0) is 10.0. The molecule has 1 aromatic rings. The zero-order valence-electron chi connectivity index (χ0n) is 8.39. The summed E-state index contributed by atoms with van der Waals surface area (Å²) in [6, 6.07) is 4.39. The smallest absolute Gasteiger partial charge is 0.0209 e. The number of hydrogen-bond acceptors (Lipinski definition) is 1. The fourth-order valence-electron chi connectivity index (χ4n) is 1.26. The van der Waals surface area contributed by atoms with Crippen LogP contribution in [0.3, 0.4) is 0 Å². The second kappa shape index (κ2) is 4.25. The lowest BCUT2D eigenvalue weighted by atomic mass is 9.97. The molecular formula is C11H16BrN. The zero-order valence-corrected chi connectivity index (χ0v) is 9.98. The van der Waals surface area contributed by atoms with Crippen LogP contribution in [0.5, 0.6) is 0 Å². The molecule has 0 spiro atoms. The summed E-state index contributed by atoms with van der Waals surface area (Å²) in [6.07, 6.45) is 0. The molecule has 2 N–H and O–H groups in total. The van der Waals surface area contributed by atoms with Crippen LogP contribution in [-0.2, 0) is 0 Å². The van der Waals surface area contributed by atoms with E-state index in [2.05, 4.69) is 48.8 Å². The molecule has 1 atom stereocenters. The van der Waals surface area contributed by atoms with Crippen molar-refractivity contribution in [1.82, 2.24) is 0 Å². The van der Waals surface area contributed by atoms with E-state index in [1.54, 1.807) is 0 Å². The molecule has 1 aromatic carbocycles. The average Bonchev–Trinajstić information content (AvgIpc) is 2.12. The fourth-order valence-corrected chi connectivity index (χ4v) is 1.84. The van der Waals surface area contributed by atoms with Crippen molar-refractivity contribution < 1.29 is 0 Å². The van der Waals surface area contributed by atoms with Gasteiger partial charge in [-0.1, -0.05) is 28.9 Å². The van der Waals surface area contributed by atoms with Crippen LogP contribution in [0.4, 0.5) is 0 Å². The lowest BCUT2D eigenvalue weighted by Gasteiger charge is -2.12. The Morgan fingerprint density at radius 1 is 1.38 bits per heavy atom. The molecule has 0 radical (unpaired) electrons. The van der Waals surface area contributed by atoms with Gasteiger partial charge in [-0.3, -0.25) is 0 Å². The molecule has 0 aliphatic rings. The Morgan fingerprint density at radius 2 is 2.00 bits per heavy atom. The van der Waals surface area contributed by atoms with Gasteiger partial charge in [0.1, 0.15) is 0 Å². The Labute approximate surface area is 88.5 Å². The summed E-state index contributed by atoms with van der Waals surface area (Å²) < 4.78 is 1.18. The van der Waals surface area contributed by atoms with Crippen molar-refractivity contribution in [2.45, 2.75) is 26.7 Å². The first kappa shape index (κ1) is 10.7. The van der Waals surface area contributed by atoms with Crippen LogP contribution < -0.4 is 5.73 Å². The summed E-state index contributed by atoms with van der Waals surface area (Å²) in [5.41, 5.74) is 9.58. The molecule has 2 heteroatoms. The Morgan fingerprint density at radius 3 is 2.46 bits per heavy atom. The van der Waals surface area contributed by atoms with E-state index in [9.17, 15) is 0 Å². The number of rotatable bonds is 2. The van der Waals surface area contributed by atoms with Crippen LogP contribution in [0.25, 0.3) is 0 Å². The Hall–Kier alpha value is -0.340. The molecule has 0 amide bonds. The van der Waals surface area contributed by atoms with E-state index >= 15 is 0 Å². The number of aryl methyl sites for hydroxylation is 1. The van der Waals surface area contributed by atoms with Crippen molar-refractivity contribution in [3.63, 3.8) is 0 Å². The van der Waals surface area contributed by atoms with Gasteiger partial charge in [0.05, 0.1) is 0 Å². The van der Waals surface area contributed by atoms with Crippen LogP contribution in [-0.4, -0.2) is 6.54 Å². The van der Waals surface area contributed by atoms with E-state index in [4.69, 9.17) is 5.73 Å². The molecule has 1 nitrogen and oxygen atoms in total. The SMILES string of the molecule is Cc1cc(C(C)CN)cc(Br)c1C. The molecule has 0 fully saturated rings. The summed E-state index contributed by atoms with van der Waals surface area (Å²) in [7, 11) is 0. The van der Waals surface area contributed by atoms with Crippen molar-refractivity contribution >= 4 is 15.9 Å². The van der Waals surface area contributed by atoms with E-state index in [1.807, 2.05) is 0 Å². The maximum absolute atomic E-state index is 5.63. The van der Waals surface area contributed by atoms with Crippen molar-refractivity contribution in [3.8, 4) is 0 Å². The molecule has 0 saturated carbocycles. The van der Waals surface area contributed by atoms with E-state index in [0.717, 1.165) is 0 Å². The van der Waals surface area contributed by atoms with Crippen molar-refractivity contribution in [2.75, 3.05) is 6.54 Å². The normalized spacial score (nSPS) is 13.0. The number of halogens is 1. The van der Waals surface area contributed by atoms with Crippen LogP contribution in [0.15, 0.2) is 16.6 Å². The number of hydrogen-bond donors (Lipinski definition) is 1. The first-order valence-corrected chi connectivity index (χ1v) is 5.32. The highest BCUT2D eigenvalue weighted by Crippen LogP contribution is 2.25. The summed E-state index contributed by atoms with van der Waals surface area (Å²) in [5.74, 6) is 0.440. The molecule has 13 heavy (non-hydrogen) atoms. The third-order valence-electron chi connectivity index (χ3n) is 2.55. The summed E-state index contributed by atoms with van der Waals surface area (Å²) in [4.78, 5) is 0. The van der Waals surface area contributed by atoms with E-state index in [1.165, 1.54) is 21.2 Å². The predicted molar refractivity (Wildman–Crippen MR) is 61.1 cm³/mol. The average molecular weight is 242 g/mol. The minimum absolute atomic E-state index is 0.440. The van der Waals surface area contributed by atoms with E-state index in [0.29, 0.717) is 12.5 Å². The minimum Gasteiger partial charge on any atom is -0.330 e. The number of nitrogens with two attached hydrogens (primary N) is 1. The van der Waals surface area contributed by atoms with Crippen LogP contribution in [0, 0.1) is 13.8 Å². The molecule has 1 rings (SSSR count). The Balaban J connectivity index is 3.13. The predicted octanol–water partition coefficient (Wildman–Crippen LogP) is 3.13. The first-order valence-electron chi connectivity index (χ1n) is 4.53. The molecule has 0 aliphatic heterocycles. The Kier molecular flexibility index (Phi) is 3.51. The molecular weight excluding hydrogens is 226 g/mol. The monoisotopic (exact) mass is 241 g/mol. The quantitative estimate of drug-likeness (QED) is 0.847. The third kappa shape index (κ3) is 2.32. The lowest BCUT2D eigenvalue weighted by molar-refractivity contribution is 0.772. The van der Waals surface area contributed by atoms with Crippen LogP contribution in [0.2, 0.25) is 0 Å². The van der Waals surface area contributed by atoms with Gasteiger partial charge in [0.15, 0.2) is 0 Å². The number of benzene rings is 1. The molecule has 0 aliphatic carbocycles. The minimum atomic E-state index is 0.440. The van der Waals surface area contributed by atoms with E-state index in [-0.39, 0.29) is 0 Å². The lowest BCUT2D eigenvalue weighted by Crippen LogP contribution is -2.09. The summed E-state index contributed by atoms with van der Waals surface area (Å²) in [6.45, 7) is 7.11. The molecule has 0 aromatic heterocycles. The van der Waals surface area contributed by atoms with Crippen molar-refractivity contribution in [3.05, 3.63) is 33.3 Å². The fraction of sp³-hybridized carbons (Fsp3) is 0.455. The topological polar surface area (TPSA) is 26.0 Å². The van der Waals surface area contributed by atoms with Crippen LogP contribution in [0.1, 0.15) is 29.5 Å². The first-order chi connectivity index (χ1) is 6.06. The van der Waals surface area contributed by atoms with Gasteiger partial charge in [0.25, 0.3) is 0 Å². The third-order valence-corrected chi connectivity index (χ3v) is 3.37. The highest BCUT2D eigenvalue weighted by atomic mass is 79.9. The van der Waals surface area contributed by atoms with Gasteiger partial charge in [-0.25, -0.2) is 0 Å². The van der Waals surface area contributed by atoms with Gasteiger partial charge < -0.3 is 5.73 Å². The van der Waals surface area contributed by atoms with Crippen LogP contribution >= 0.6 is 15.9 Å². The molecule has 72 valence electrons. The second-order valence-electron chi connectivity index (χ2n) is 3.58. The van der Waals surface area contributed by atoms with Gasteiger partial charge >= 0.3 is 0 Å². The van der Waals surface area contributed by atoms with Crippen molar-refractivity contribution in [1.29, 1.82) is 0 Å². The largest absolute Gasteiger partial charge is 0.330 e. The molecule has 1 unspecified atom stereocenters. The van der Waals surface area contributed by atoms with Gasteiger partial charge in [-0.05, 0) is 49.1 Å². The molecule has 0 heterocycles. The van der Waals surface area contributed by atoms with Gasteiger partial charge in [-0.2, -0.15) is 0 Å². The molecule has 0 saturated heterocycles.